The van der Waals surface area contributed by atoms with Gasteiger partial charge in [0.15, 0.2) is 5.71 Å². The first-order valence-electron chi connectivity index (χ1n) is 4.73. The number of phenolic OH excluding ortho intramolecular Hbond substituents is 1. The molecule has 86 valence electrons. The zero-order chi connectivity index (χ0) is 12.1. The molecule has 0 heterocycles. The van der Waals surface area contributed by atoms with Crippen molar-refractivity contribution in [1.82, 2.24) is 5.32 Å². The lowest BCUT2D eigenvalue weighted by Gasteiger charge is -2.08. The minimum Gasteiger partial charge on any atom is -0.508 e. The Morgan fingerprint density at radius 3 is 2.75 bits per heavy atom. The molecular weight excluding hydrogens is 208 g/mol. The number of phenols is 1. The van der Waals surface area contributed by atoms with Crippen molar-refractivity contribution >= 4 is 11.6 Å². The fourth-order valence-electron chi connectivity index (χ4n) is 1.29. The van der Waals surface area contributed by atoms with Crippen molar-refractivity contribution in [3.05, 3.63) is 29.3 Å². The molecule has 16 heavy (non-hydrogen) atoms. The molecule has 0 aromatic heterocycles. The van der Waals surface area contributed by atoms with Crippen LogP contribution >= 0.6 is 0 Å². The average molecular weight is 222 g/mol. The van der Waals surface area contributed by atoms with Gasteiger partial charge in [0.05, 0.1) is 0 Å². The minimum absolute atomic E-state index is 0.0771. The van der Waals surface area contributed by atoms with Crippen LogP contribution in [0.1, 0.15) is 11.1 Å². The number of nitrogens with one attached hydrogen (secondary N) is 1. The molecule has 0 atom stereocenters. The minimum atomic E-state index is -0.365. The van der Waals surface area contributed by atoms with Crippen molar-refractivity contribution in [1.29, 1.82) is 0 Å². The number of benzene rings is 1. The number of aryl methyl sites for hydroxylation is 1. The van der Waals surface area contributed by atoms with E-state index in [1.54, 1.807) is 12.1 Å². The van der Waals surface area contributed by atoms with Crippen molar-refractivity contribution in [2.24, 2.45) is 5.16 Å². The molecule has 1 aromatic rings. The molecule has 0 aliphatic heterocycles. The molecule has 0 fully saturated rings. The van der Waals surface area contributed by atoms with Gasteiger partial charge in [-0.1, -0.05) is 11.2 Å². The van der Waals surface area contributed by atoms with E-state index in [-0.39, 0.29) is 17.4 Å². The van der Waals surface area contributed by atoms with Crippen LogP contribution in [0, 0.1) is 6.92 Å². The summed E-state index contributed by atoms with van der Waals surface area (Å²) in [5.41, 5.74) is 1.51. The van der Waals surface area contributed by atoms with Gasteiger partial charge < -0.3 is 15.3 Å². The van der Waals surface area contributed by atoms with Gasteiger partial charge in [0.1, 0.15) is 12.9 Å². The summed E-state index contributed by atoms with van der Waals surface area (Å²) in [5, 5.41) is 15.5. The lowest BCUT2D eigenvalue weighted by molar-refractivity contribution is -0.114. The highest BCUT2D eigenvalue weighted by atomic mass is 16.6. The summed E-state index contributed by atoms with van der Waals surface area (Å²) < 4.78 is 0. The van der Waals surface area contributed by atoms with Crippen LogP contribution in [0.4, 0.5) is 0 Å². The third-order valence-corrected chi connectivity index (χ3v) is 2.10. The molecule has 1 aromatic carbocycles. The fraction of sp³-hybridized carbons (Fsp3) is 0.273. The molecule has 2 N–H and O–H groups in total. The highest BCUT2D eigenvalue weighted by Crippen LogP contribution is 2.17. The number of oxime groups is 1. The first kappa shape index (κ1) is 12.0. The number of carbonyl (C=O) groups excluding carboxylic acids is 1. The number of nitrogens with zero attached hydrogens (tertiary/aromatic N) is 1. The molecule has 1 amide bonds. The zero-order valence-electron chi connectivity index (χ0n) is 9.44. The second-order valence-corrected chi connectivity index (χ2v) is 3.20. The van der Waals surface area contributed by atoms with E-state index in [0.717, 1.165) is 5.56 Å². The van der Waals surface area contributed by atoms with Crippen LogP contribution in [0.25, 0.3) is 0 Å². The van der Waals surface area contributed by atoms with Gasteiger partial charge in [-0.05, 0) is 24.6 Å². The lowest BCUT2D eigenvalue weighted by Crippen LogP contribution is -2.29. The summed E-state index contributed by atoms with van der Waals surface area (Å²) in [6.45, 7) is 1.82. The Balaban J connectivity index is 3.26. The topological polar surface area (TPSA) is 70.9 Å². The molecular formula is C11H14N2O3. The highest BCUT2D eigenvalue weighted by molar-refractivity contribution is 6.45. The predicted molar refractivity (Wildman–Crippen MR) is 60.5 cm³/mol. The van der Waals surface area contributed by atoms with Crippen molar-refractivity contribution < 1.29 is 14.7 Å². The number of carbonyl (C=O) groups is 1. The second-order valence-electron chi connectivity index (χ2n) is 3.20. The van der Waals surface area contributed by atoms with Gasteiger partial charge >= 0.3 is 0 Å². The van der Waals surface area contributed by atoms with Gasteiger partial charge in [-0.2, -0.15) is 0 Å². The first-order valence-corrected chi connectivity index (χ1v) is 4.73. The van der Waals surface area contributed by atoms with E-state index in [2.05, 4.69) is 15.3 Å². The van der Waals surface area contributed by atoms with Crippen LogP contribution in [0.5, 0.6) is 5.75 Å². The zero-order valence-corrected chi connectivity index (χ0v) is 9.44. The van der Waals surface area contributed by atoms with Gasteiger partial charge in [0.2, 0.25) is 0 Å². The molecule has 0 saturated carbocycles. The molecule has 1 rings (SSSR count). The maximum Gasteiger partial charge on any atom is 0.273 e. The lowest BCUT2D eigenvalue weighted by atomic mass is 10.0. The van der Waals surface area contributed by atoms with Gasteiger partial charge in [0.25, 0.3) is 5.91 Å². The van der Waals surface area contributed by atoms with E-state index in [9.17, 15) is 9.90 Å². The van der Waals surface area contributed by atoms with Crippen LogP contribution in [0.2, 0.25) is 0 Å². The number of hydrogen-bond acceptors (Lipinski definition) is 4. The fourth-order valence-corrected chi connectivity index (χ4v) is 1.29. The summed E-state index contributed by atoms with van der Waals surface area (Å²) in [5.74, 6) is -0.288. The molecule has 0 unspecified atom stereocenters. The summed E-state index contributed by atoms with van der Waals surface area (Å²) in [6, 6.07) is 4.73. The second kappa shape index (κ2) is 5.16. The van der Waals surface area contributed by atoms with Crippen molar-refractivity contribution in [3.63, 3.8) is 0 Å². The predicted octanol–water partition coefficient (Wildman–Crippen LogP) is 0.797. The SMILES string of the molecule is CNC(=O)/C(=N/OC)c1cc(O)ccc1C. The van der Waals surface area contributed by atoms with E-state index in [0.29, 0.717) is 5.56 Å². The molecule has 0 radical (unpaired) electrons. The largest absolute Gasteiger partial charge is 0.508 e. The van der Waals surface area contributed by atoms with Crippen LogP contribution in [0.3, 0.4) is 0 Å². The van der Waals surface area contributed by atoms with E-state index >= 15 is 0 Å². The first-order chi connectivity index (χ1) is 7.60. The van der Waals surface area contributed by atoms with E-state index in [1.165, 1.54) is 20.2 Å². The van der Waals surface area contributed by atoms with Crippen molar-refractivity contribution in [3.8, 4) is 5.75 Å². The summed E-state index contributed by atoms with van der Waals surface area (Å²) in [6.07, 6.45) is 0. The molecule has 5 heteroatoms. The molecule has 0 bridgehead atoms. The standard InChI is InChI=1S/C11H14N2O3/c1-7-4-5-8(14)6-9(7)10(13-16-3)11(15)12-2/h4-6,14H,1-3H3,(H,12,15)/b13-10+. The summed E-state index contributed by atoms with van der Waals surface area (Å²) in [7, 11) is 2.87. The Kier molecular flexibility index (Phi) is 3.88. The Bertz CT molecular complexity index is 427. The number of likely N-dealkylation sites (N-methyl/N-ethyl adjacent to an activating group) is 1. The van der Waals surface area contributed by atoms with Crippen LogP contribution in [-0.2, 0) is 9.63 Å². The van der Waals surface area contributed by atoms with Crippen LogP contribution < -0.4 is 5.32 Å². The third kappa shape index (κ3) is 2.50. The molecule has 0 aliphatic rings. The van der Waals surface area contributed by atoms with Crippen LogP contribution in [-0.4, -0.2) is 30.9 Å². The number of rotatable bonds is 3. The van der Waals surface area contributed by atoms with Gasteiger partial charge in [-0.3, -0.25) is 4.79 Å². The highest BCUT2D eigenvalue weighted by Gasteiger charge is 2.16. The number of aromatic hydroxyl groups is 1. The van der Waals surface area contributed by atoms with Crippen molar-refractivity contribution in [2.45, 2.75) is 6.92 Å². The van der Waals surface area contributed by atoms with E-state index < -0.39 is 0 Å². The molecule has 0 aliphatic carbocycles. The van der Waals surface area contributed by atoms with E-state index in [4.69, 9.17) is 0 Å². The van der Waals surface area contributed by atoms with E-state index in [1.807, 2.05) is 6.92 Å². The Labute approximate surface area is 93.7 Å². The maximum absolute atomic E-state index is 11.6. The molecule has 5 nitrogen and oxygen atoms in total. The smallest absolute Gasteiger partial charge is 0.273 e. The van der Waals surface area contributed by atoms with Crippen molar-refractivity contribution in [2.75, 3.05) is 14.2 Å². The van der Waals surface area contributed by atoms with Gasteiger partial charge in [-0.25, -0.2) is 0 Å². The number of amides is 1. The summed E-state index contributed by atoms with van der Waals surface area (Å²) in [4.78, 5) is 16.2. The molecule has 0 spiro atoms. The normalized spacial score (nSPS) is 11.1. The van der Waals surface area contributed by atoms with Crippen LogP contribution in [0.15, 0.2) is 23.4 Å². The average Bonchev–Trinajstić information content (AvgIpc) is 2.28. The summed E-state index contributed by atoms with van der Waals surface area (Å²) >= 11 is 0. The Morgan fingerprint density at radius 1 is 1.50 bits per heavy atom. The monoisotopic (exact) mass is 222 g/mol. The quantitative estimate of drug-likeness (QED) is 0.587. The third-order valence-electron chi connectivity index (χ3n) is 2.10. The van der Waals surface area contributed by atoms with Gasteiger partial charge in [-0.15, -0.1) is 0 Å². The van der Waals surface area contributed by atoms with Gasteiger partial charge in [0, 0.05) is 12.6 Å². The Morgan fingerprint density at radius 2 is 2.19 bits per heavy atom. The molecule has 0 saturated heterocycles. The maximum atomic E-state index is 11.6. The Hall–Kier alpha value is -2.04. The number of hydrogen-bond donors (Lipinski definition) is 2.